The van der Waals surface area contributed by atoms with Gasteiger partial charge in [0.1, 0.15) is 6.29 Å². The second-order valence-corrected chi connectivity index (χ2v) is 5.86. The van der Waals surface area contributed by atoms with Gasteiger partial charge in [-0.2, -0.15) is 10.5 Å². The molecule has 5 rings (SSSR count). The quantitative estimate of drug-likeness (QED) is 0.754. The van der Waals surface area contributed by atoms with Crippen molar-refractivity contribution < 1.29 is 4.79 Å². The second-order valence-electron chi connectivity index (χ2n) is 5.86. The number of nitrogens with zero attached hydrogens (tertiary/aromatic N) is 2. The Morgan fingerprint density at radius 1 is 0.818 bits per heavy atom. The number of aldehydes is 1. The first-order chi connectivity index (χ1) is 10.8. The molecule has 0 spiro atoms. The molecule has 104 valence electrons. The van der Waals surface area contributed by atoms with Crippen molar-refractivity contribution >= 4 is 6.29 Å². The van der Waals surface area contributed by atoms with Crippen LogP contribution in [0.4, 0.5) is 0 Å². The predicted octanol–water partition coefficient (Wildman–Crippen LogP) is 3.37. The summed E-state index contributed by atoms with van der Waals surface area (Å²) in [6.07, 6.45) is 0.859. The number of hydrogen-bond acceptors (Lipinski definition) is 3. The summed E-state index contributed by atoms with van der Waals surface area (Å²) in [7, 11) is 0. The molecular formula is C19H12N2O. The molecule has 0 N–H and O–H groups in total. The molecule has 3 aliphatic rings. The number of hydrogen-bond donors (Lipinski definition) is 0. The average molecular weight is 284 g/mol. The summed E-state index contributed by atoms with van der Waals surface area (Å²) in [4.78, 5) is 11.5. The summed E-state index contributed by atoms with van der Waals surface area (Å²) in [6, 6.07) is 18.3. The maximum Gasteiger partial charge on any atom is 0.150 e. The lowest BCUT2D eigenvalue weighted by Gasteiger charge is -2.46. The molecule has 0 aliphatic heterocycles. The van der Waals surface area contributed by atoms with Crippen LogP contribution < -0.4 is 0 Å². The van der Waals surface area contributed by atoms with Gasteiger partial charge in [0.25, 0.3) is 0 Å². The van der Waals surface area contributed by atoms with Crippen LogP contribution in [0.3, 0.4) is 0 Å². The summed E-state index contributed by atoms with van der Waals surface area (Å²) in [5, 5.41) is 19.3. The third-order valence-electron chi connectivity index (χ3n) is 5.02. The minimum absolute atomic E-state index is 0.120. The van der Waals surface area contributed by atoms with Crippen LogP contribution in [0.1, 0.15) is 44.4 Å². The molecule has 22 heavy (non-hydrogen) atoms. The molecule has 4 atom stereocenters. The van der Waals surface area contributed by atoms with Crippen molar-refractivity contribution in [2.45, 2.75) is 11.8 Å². The van der Waals surface area contributed by atoms with Crippen LogP contribution in [-0.2, 0) is 0 Å². The standard InChI is InChI=1S/C19H12N2O/c20-8-15-16(9-21)19-13-6-2-1-5-12(13)18(15)14-7-3-4-11(10-22)17(14)19/h1-7,10,15-16,18-19H/t15-,16-,18-,19-/m0/s1. The Labute approximate surface area is 128 Å². The Balaban J connectivity index is 2.11. The summed E-state index contributed by atoms with van der Waals surface area (Å²) >= 11 is 0. The Morgan fingerprint density at radius 2 is 1.41 bits per heavy atom. The molecule has 3 nitrogen and oxygen atoms in total. The van der Waals surface area contributed by atoms with Gasteiger partial charge in [-0.1, -0.05) is 42.5 Å². The fourth-order valence-corrected chi connectivity index (χ4v) is 4.22. The monoisotopic (exact) mass is 284 g/mol. The zero-order valence-electron chi connectivity index (χ0n) is 11.7. The molecule has 2 bridgehead atoms. The van der Waals surface area contributed by atoms with Crippen molar-refractivity contribution in [1.29, 1.82) is 10.5 Å². The molecule has 0 radical (unpaired) electrons. The van der Waals surface area contributed by atoms with Crippen LogP contribution >= 0.6 is 0 Å². The molecule has 0 amide bonds. The highest BCUT2D eigenvalue weighted by atomic mass is 16.1. The molecule has 3 heteroatoms. The van der Waals surface area contributed by atoms with Gasteiger partial charge < -0.3 is 0 Å². The van der Waals surface area contributed by atoms with Crippen LogP contribution in [0.2, 0.25) is 0 Å². The van der Waals surface area contributed by atoms with Gasteiger partial charge >= 0.3 is 0 Å². The number of nitriles is 2. The number of carbonyl (C=O) groups is 1. The van der Waals surface area contributed by atoms with E-state index in [4.69, 9.17) is 0 Å². The Morgan fingerprint density at radius 3 is 2.05 bits per heavy atom. The Kier molecular flexibility index (Phi) is 2.65. The van der Waals surface area contributed by atoms with Crippen LogP contribution in [0.15, 0.2) is 42.5 Å². The van der Waals surface area contributed by atoms with Gasteiger partial charge in [0.2, 0.25) is 0 Å². The normalized spacial score (nSPS) is 27.2. The van der Waals surface area contributed by atoms with Gasteiger partial charge in [-0.3, -0.25) is 4.79 Å². The highest BCUT2D eigenvalue weighted by Gasteiger charge is 2.50. The molecule has 0 saturated carbocycles. The summed E-state index contributed by atoms with van der Waals surface area (Å²) in [6.45, 7) is 0. The lowest BCUT2D eigenvalue weighted by molar-refractivity contribution is 0.112. The predicted molar refractivity (Wildman–Crippen MR) is 80.2 cm³/mol. The first-order valence-corrected chi connectivity index (χ1v) is 7.28. The highest BCUT2D eigenvalue weighted by Crippen LogP contribution is 2.58. The van der Waals surface area contributed by atoms with Crippen molar-refractivity contribution in [3.8, 4) is 12.1 Å². The van der Waals surface area contributed by atoms with E-state index in [-0.39, 0.29) is 17.8 Å². The number of benzene rings is 2. The smallest absolute Gasteiger partial charge is 0.150 e. The highest BCUT2D eigenvalue weighted by molar-refractivity contribution is 5.81. The first kappa shape index (κ1) is 12.8. The third-order valence-corrected chi connectivity index (χ3v) is 5.02. The maximum absolute atomic E-state index is 11.5. The fraction of sp³-hybridized carbons (Fsp3) is 0.211. The molecule has 0 heterocycles. The zero-order chi connectivity index (χ0) is 15.3. The van der Waals surface area contributed by atoms with Crippen LogP contribution in [0.5, 0.6) is 0 Å². The van der Waals surface area contributed by atoms with E-state index < -0.39 is 5.92 Å². The Hall–Kier alpha value is -2.91. The first-order valence-electron chi connectivity index (χ1n) is 7.28. The van der Waals surface area contributed by atoms with Crippen molar-refractivity contribution in [1.82, 2.24) is 0 Å². The number of rotatable bonds is 1. The minimum Gasteiger partial charge on any atom is -0.298 e. The summed E-state index contributed by atoms with van der Waals surface area (Å²) < 4.78 is 0. The molecule has 0 aromatic heterocycles. The Bertz CT molecular complexity index is 872. The van der Waals surface area contributed by atoms with E-state index in [0.717, 1.165) is 28.5 Å². The topological polar surface area (TPSA) is 64.7 Å². The summed E-state index contributed by atoms with van der Waals surface area (Å²) in [5.74, 6) is -1.07. The SMILES string of the molecule is N#C[C@@H]1[C@H]2c3ccccc3[C@H](c3c(C=O)cccc32)[C@H]1C#N. The molecule has 2 aromatic rings. The fourth-order valence-electron chi connectivity index (χ4n) is 4.22. The van der Waals surface area contributed by atoms with E-state index in [1.165, 1.54) is 0 Å². The third kappa shape index (κ3) is 1.41. The second kappa shape index (κ2) is 4.55. The minimum atomic E-state index is -0.404. The van der Waals surface area contributed by atoms with Crippen molar-refractivity contribution in [3.63, 3.8) is 0 Å². The van der Waals surface area contributed by atoms with Crippen molar-refractivity contribution in [3.05, 3.63) is 70.3 Å². The molecule has 0 saturated heterocycles. The van der Waals surface area contributed by atoms with Gasteiger partial charge in [-0.25, -0.2) is 0 Å². The van der Waals surface area contributed by atoms with E-state index in [1.807, 2.05) is 36.4 Å². The van der Waals surface area contributed by atoms with Crippen molar-refractivity contribution in [2.24, 2.45) is 11.8 Å². The van der Waals surface area contributed by atoms with Crippen molar-refractivity contribution in [2.75, 3.05) is 0 Å². The van der Waals surface area contributed by atoms with Gasteiger partial charge in [0.05, 0.1) is 24.0 Å². The number of carbonyl (C=O) groups excluding carboxylic acids is 1. The number of fused-ring (bicyclic) bond motifs is 1. The van der Waals surface area contributed by atoms with Gasteiger partial charge in [-0.15, -0.1) is 0 Å². The largest absolute Gasteiger partial charge is 0.298 e. The van der Waals surface area contributed by atoms with Crippen LogP contribution in [0.25, 0.3) is 0 Å². The van der Waals surface area contributed by atoms with Gasteiger partial charge in [0, 0.05) is 17.4 Å². The zero-order valence-corrected chi connectivity index (χ0v) is 11.7. The molecule has 3 aliphatic carbocycles. The van der Waals surface area contributed by atoms with Crippen LogP contribution in [0, 0.1) is 34.5 Å². The van der Waals surface area contributed by atoms with E-state index in [9.17, 15) is 15.3 Å². The van der Waals surface area contributed by atoms with Gasteiger partial charge in [-0.05, 0) is 22.3 Å². The summed E-state index contributed by atoms with van der Waals surface area (Å²) in [5.41, 5.74) is 4.83. The van der Waals surface area contributed by atoms with Gasteiger partial charge in [0.15, 0.2) is 0 Å². The molecule has 2 aromatic carbocycles. The molecule has 0 unspecified atom stereocenters. The van der Waals surface area contributed by atoms with E-state index in [0.29, 0.717) is 5.56 Å². The maximum atomic E-state index is 11.5. The lowest BCUT2D eigenvalue weighted by atomic mass is 9.54. The van der Waals surface area contributed by atoms with Crippen LogP contribution in [-0.4, -0.2) is 6.29 Å². The van der Waals surface area contributed by atoms with E-state index >= 15 is 0 Å². The lowest BCUT2D eigenvalue weighted by Crippen LogP contribution is -2.39. The average Bonchev–Trinajstić information content (AvgIpc) is 2.60. The van der Waals surface area contributed by atoms with E-state index in [1.54, 1.807) is 6.07 Å². The van der Waals surface area contributed by atoms with E-state index in [2.05, 4.69) is 12.1 Å². The molecular weight excluding hydrogens is 272 g/mol. The molecule has 0 fully saturated rings.